The summed E-state index contributed by atoms with van der Waals surface area (Å²) in [6.45, 7) is 2.61. The molecule has 0 aromatic carbocycles. The van der Waals surface area contributed by atoms with Crippen molar-refractivity contribution in [3.05, 3.63) is 35.8 Å². The van der Waals surface area contributed by atoms with E-state index >= 15 is 0 Å². The monoisotopic (exact) mass is 235 g/mol. The molecule has 2 aromatic rings. The predicted molar refractivity (Wildman–Crippen MR) is 60.3 cm³/mol. The quantitative estimate of drug-likeness (QED) is 0.700. The van der Waals surface area contributed by atoms with Gasteiger partial charge < -0.3 is 9.47 Å². The van der Waals surface area contributed by atoms with E-state index in [1.54, 1.807) is 6.07 Å². The predicted octanol–water partition coefficient (Wildman–Crippen LogP) is 1.35. The summed E-state index contributed by atoms with van der Waals surface area (Å²) in [5.74, 6) is 1.91. The Labute approximate surface area is 97.7 Å². The summed E-state index contributed by atoms with van der Waals surface area (Å²) < 4.78 is 2.15. The smallest absolute Gasteiger partial charge is 0.134 e. The van der Waals surface area contributed by atoms with E-state index in [0.717, 1.165) is 31.3 Å². The molecule has 16 heavy (non-hydrogen) atoms. The first-order valence-corrected chi connectivity index (χ1v) is 5.43. The Morgan fingerprint density at radius 2 is 2.12 bits per heavy atom. The molecule has 5 nitrogen and oxygen atoms in total. The summed E-state index contributed by atoms with van der Waals surface area (Å²) in [6, 6.07) is 1.78. The van der Waals surface area contributed by atoms with Crippen molar-refractivity contribution in [2.24, 2.45) is 0 Å². The van der Waals surface area contributed by atoms with Gasteiger partial charge in [-0.2, -0.15) is 0 Å². The first-order chi connectivity index (χ1) is 7.83. The molecule has 0 N–H and O–H groups in total. The third-order valence-corrected chi connectivity index (χ3v) is 2.89. The average Bonchev–Trinajstić information content (AvgIpc) is 2.75. The molecule has 0 unspecified atom stereocenters. The van der Waals surface area contributed by atoms with Gasteiger partial charge in [-0.25, -0.2) is 15.0 Å². The second-order valence-corrected chi connectivity index (χ2v) is 4.04. The summed E-state index contributed by atoms with van der Waals surface area (Å²) in [5, 5.41) is 0.471. The zero-order valence-electron chi connectivity index (χ0n) is 8.54. The van der Waals surface area contributed by atoms with Crippen molar-refractivity contribution in [3.63, 3.8) is 0 Å². The minimum absolute atomic E-state index is 0.471. The number of hydrogen-bond donors (Lipinski definition) is 0. The molecule has 82 valence electrons. The van der Waals surface area contributed by atoms with Gasteiger partial charge in [0.05, 0.1) is 6.54 Å². The normalized spacial score (nSPS) is 14.9. The molecular formula is C10H10ClN5. The van der Waals surface area contributed by atoms with Crippen molar-refractivity contribution in [2.45, 2.75) is 13.1 Å². The van der Waals surface area contributed by atoms with Crippen molar-refractivity contribution in [1.82, 2.24) is 19.5 Å². The molecule has 0 aliphatic carbocycles. The Balaban J connectivity index is 1.88. The van der Waals surface area contributed by atoms with E-state index in [0.29, 0.717) is 5.15 Å². The van der Waals surface area contributed by atoms with E-state index in [1.807, 2.05) is 12.4 Å². The zero-order chi connectivity index (χ0) is 11.0. The fraction of sp³-hybridized carbons (Fsp3) is 0.300. The van der Waals surface area contributed by atoms with Crippen LogP contribution >= 0.6 is 11.6 Å². The zero-order valence-corrected chi connectivity index (χ0v) is 9.30. The molecule has 0 atom stereocenters. The summed E-state index contributed by atoms with van der Waals surface area (Å²) in [5.41, 5.74) is 0. The van der Waals surface area contributed by atoms with Gasteiger partial charge in [0.25, 0.3) is 0 Å². The standard InChI is InChI=1S/C10H10ClN5/c11-8-5-9(14-7-13-8)16-4-3-15-2-1-12-10(15)6-16/h1-2,5,7H,3-4,6H2. The second-order valence-electron chi connectivity index (χ2n) is 3.66. The van der Waals surface area contributed by atoms with Crippen LogP contribution in [0.25, 0.3) is 0 Å². The van der Waals surface area contributed by atoms with Crippen molar-refractivity contribution in [1.29, 1.82) is 0 Å². The van der Waals surface area contributed by atoms with Gasteiger partial charge in [0.2, 0.25) is 0 Å². The highest BCUT2D eigenvalue weighted by Gasteiger charge is 2.17. The number of anilines is 1. The Hall–Kier alpha value is -1.62. The molecule has 1 aliphatic rings. The van der Waals surface area contributed by atoms with E-state index in [9.17, 15) is 0 Å². The number of nitrogens with zero attached hydrogens (tertiary/aromatic N) is 5. The molecule has 0 fully saturated rings. The van der Waals surface area contributed by atoms with Crippen LogP contribution in [-0.4, -0.2) is 26.1 Å². The van der Waals surface area contributed by atoms with Crippen LogP contribution < -0.4 is 4.90 Å². The number of rotatable bonds is 1. The second kappa shape index (κ2) is 3.75. The fourth-order valence-electron chi connectivity index (χ4n) is 1.87. The van der Waals surface area contributed by atoms with Crippen LogP contribution in [0.2, 0.25) is 5.15 Å². The first-order valence-electron chi connectivity index (χ1n) is 5.05. The van der Waals surface area contributed by atoms with Gasteiger partial charge in [0.15, 0.2) is 0 Å². The van der Waals surface area contributed by atoms with E-state index in [4.69, 9.17) is 11.6 Å². The van der Waals surface area contributed by atoms with Gasteiger partial charge in [0, 0.05) is 31.5 Å². The Kier molecular flexibility index (Phi) is 2.25. The molecule has 0 saturated carbocycles. The van der Waals surface area contributed by atoms with Crippen LogP contribution in [0.4, 0.5) is 5.82 Å². The number of fused-ring (bicyclic) bond motifs is 1. The Morgan fingerprint density at radius 1 is 1.19 bits per heavy atom. The van der Waals surface area contributed by atoms with Gasteiger partial charge in [0.1, 0.15) is 23.1 Å². The molecule has 0 radical (unpaired) electrons. The van der Waals surface area contributed by atoms with Crippen molar-refractivity contribution in [3.8, 4) is 0 Å². The third kappa shape index (κ3) is 1.63. The SMILES string of the molecule is Clc1cc(N2CCn3ccnc3C2)ncn1. The topological polar surface area (TPSA) is 46.8 Å². The first kappa shape index (κ1) is 9.59. The molecule has 0 amide bonds. The third-order valence-electron chi connectivity index (χ3n) is 2.69. The van der Waals surface area contributed by atoms with Crippen LogP contribution in [0.1, 0.15) is 5.82 Å². The maximum atomic E-state index is 5.84. The summed E-state index contributed by atoms with van der Waals surface area (Å²) >= 11 is 5.84. The number of aromatic nitrogens is 4. The molecule has 0 saturated heterocycles. The van der Waals surface area contributed by atoms with Crippen molar-refractivity contribution in [2.75, 3.05) is 11.4 Å². The highest BCUT2D eigenvalue weighted by Crippen LogP contribution is 2.19. The Bertz CT molecular complexity index is 509. The summed E-state index contributed by atoms with van der Waals surface area (Å²) in [4.78, 5) is 14.5. The lowest BCUT2D eigenvalue weighted by atomic mass is 10.3. The number of imidazole rings is 1. The van der Waals surface area contributed by atoms with Gasteiger partial charge in [-0.15, -0.1) is 0 Å². The lowest BCUT2D eigenvalue weighted by Gasteiger charge is -2.28. The molecule has 3 heterocycles. The minimum Gasteiger partial charge on any atom is -0.347 e. The molecule has 0 bridgehead atoms. The van der Waals surface area contributed by atoms with Crippen LogP contribution in [0.5, 0.6) is 0 Å². The van der Waals surface area contributed by atoms with E-state index in [-0.39, 0.29) is 0 Å². The van der Waals surface area contributed by atoms with Crippen LogP contribution in [0.15, 0.2) is 24.8 Å². The molecular weight excluding hydrogens is 226 g/mol. The highest BCUT2D eigenvalue weighted by atomic mass is 35.5. The van der Waals surface area contributed by atoms with Crippen LogP contribution in [0.3, 0.4) is 0 Å². The summed E-state index contributed by atoms with van der Waals surface area (Å²) in [7, 11) is 0. The summed E-state index contributed by atoms with van der Waals surface area (Å²) in [6.07, 6.45) is 5.31. The Morgan fingerprint density at radius 3 is 3.00 bits per heavy atom. The van der Waals surface area contributed by atoms with E-state index in [1.165, 1.54) is 6.33 Å². The van der Waals surface area contributed by atoms with E-state index < -0.39 is 0 Å². The minimum atomic E-state index is 0.471. The largest absolute Gasteiger partial charge is 0.347 e. The van der Waals surface area contributed by atoms with Crippen molar-refractivity contribution < 1.29 is 0 Å². The lowest BCUT2D eigenvalue weighted by Crippen LogP contribution is -2.34. The molecule has 0 spiro atoms. The fourth-order valence-corrected chi connectivity index (χ4v) is 2.01. The number of halogens is 1. The van der Waals surface area contributed by atoms with Gasteiger partial charge in [-0.3, -0.25) is 0 Å². The maximum absolute atomic E-state index is 5.84. The number of hydrogen-bond acceptors (Lipinski definition) is 4. The molecule has 1 aliphatic heterocycles. The van der Waals surface area contributed by atoms with E-state index in [2.05, 4.69) is 24.4 Å². The van der Waals surface area contributed by atoms with Gasteiger partial charge >= 0.3 is 0 Å². The average molecular weight is 236 g/mol. The van der Waals surface area contributed by atoms with Crippen LogP contribution in [-0.2, 0) is 13.1 Å². The van der Waals surface area contributed by atoms with Crippen LogP contribution in [0, 0.1) is 0 Å². The maximum Gasteiger partial charge on any atom is 0.134 e. The molecule has 6 heteroatoms. The highest BCUT2D eigenvalue weighted by molar-refractivity contribution is 6.29. The lowest BCUT2D eigenvalue weighted by molar-refractivity contribution is 0.556. The van der Waals surface area contributed by atoms with Gasteiger partial charge in [-0.05, 0) is 0 Å². The van der Waals surface area contributed by atoms with Gasteiger partial charge in [-0.1, -0.05) is 11.6 Å². The van der Waals surface area contributed by atoms with Crippen molar-refractivity contribution >= 4 is 17.4 Å². The molecule has 2 aromatic heterocycles. The molecule has 3 rings (SSSR count).